The van der Waals surface area contributed by atoms with E-state index in [1.54, 1.807) is 6.08 Å². The first-order chi connectivity index (χ1) is 12.3. The van der Waals surface area contributed by atoms with Crippen molar-refractivity contribution in [1.29, 1.82) is 0 Å². The molecule has 0 aliphatic carbocycles. The van der Waals surface area contributed by atoms with E-state index in [-0.39, 0.29) is 5.91 Å². The average molecular weight is 344 g/mol. The summed E-state index contributed by atoms with van der Waals surface area (Å²) in [7, 11) is 0. The van der Waals surface area contributed by atoms with Crippen molar-refractivity contribution in [3.05, 3.63) is 35.9 Å². The van der Waals surface area contributed by atoms with Crippen LogP contribution in [0.25, 0.3) is 6.08 Å². The smallest absolute Gasteiger partial charge is 0.246 e. The molecule has 5 heteroatoms. The number of carbonyl (C=O) groups excluding carboxylic acids is 1. The van der Waals surface area contributed by atoms with Gasteiger partial charge in [0.2, 0.25) is 5.91 Å². The van der Waals surface area contributed by atoms with Crippen LogP contribution in [0.1, 0.15) is 25.3 Å². The molecule has 2 aliphatic heterocycles. The van der Waals surface area contributed by atoms with Gasteiger partial charge in [0, 0.05) is 51.0 Å². The molecule has 2 heterocycles. The van der Waals surface area contributed by atoms with Crippen molar-refractivity contribution in [2.45, 2.75) is 25.9 Å². The Kier molecular flexibility index (Phi) is 6.48. The lowest BCUT2D eigenvalue weighted by Crippen LogP contribution is -2.50. The predicted molar refractivity (Wildman–Crippen MR) is 98.6 cm³/mol. The summed E-state index contributed by atoms with van der Waals surface area (Å²) in [4.78, 5) is 16.8. The molecule has 0 aromatic heterocycles. The Morgan fingerprint density at radius 3 is 2.80 bits per heavy atom. The van der Waals surface area contributed by atoms with E-state index in [4.69, 9.17) is 9.47 Å². The van der Waals surface area contributed by atoms with E-state index in [0.717, 1.165) is 50.6 Å². The Balaban J connectivity index is 1.49. The van der Waals surface area contributed by atoms with E-state index >= 15 is 0 Å². The summed E-state index contributed by atoms with van der Waals surface area (Å²) in [6.07, 6.45) is 6.25. The van der Waals surface area contributed by atoms with Gasteiger partial charge in [-0.25, -0.2) is 0 Å². The highest BCUT2D eigenvalue weighted by atomic mass is 16.5. The lowest BCUT2D eigenvalue weighted by atomic mass is 10.1. The number of ether oxygens (including phenoxy) is 2. The third-order valence-corrected chi connectivity index (χ3v) is 4.79. The molecule has 0 radical (unpaired) electrons. The Morgan fingerprint density at radius 2 is 2.08 bits per heavy atom. The lowest BCUT2D eigenvalue weighted by Gasteiger charge is -2.35. The van der Waals surface area contributed by atoms with E-state index < -0.39 is 0 Å². The maximum atomic E-state index is 12.4. The molecule has 5 nitrogen and oxygen atoms in total. The summed E-state index contributed by atoms with van der Waals surface area (Å²) >= 11 is 0. The van der Waals surface area contributed by atoms with E-state index in [1.165, 1.54) is 12.8 Å². The molecule has 136 valence electrons. The predicted octanol–water partition coefficient (Wildman–Crippen LogP) is 2.42. The molecule has 2 fully saturated rings. The summed E-state index contributed by atoms with van der Waals surface area (Å²) in [5.74, 6) is 0.888. The van der Waals surface area contributed by atoms with Crippen molar-refractivity contribution in [3.8, 4) is 5.75 Å². The van der Waals surface area contributed by atoms with Crippen molar-refractivity contribution in [1.82, 2.24) is 9.80 Å². The van der Waals surface area contributed by atoms with Crippen molar-refractivity contribution < 1.29 is 14.3 Å². The van der Waals surface area contributed by atoms with Gasteiger partial charge in [0.15, 0.2) is 0 Å². The molecule has 2 aliphatic rings. The molecular formula is C20H28N2O3. The van der Waals surface area contributed by atoms with Crippen LogP contribution >= 0.6 is 0 Å². The van der Waals surface area contributed by atoms with Gasteiger partial charge in [0.05, 0.1) is 12.7 Å². The van der Waals surface area contributed by atoms with Crippen LogP contribution in [0.5, 0.6) is 5.75 Å². The topological polar surface area (TPSA) is 42.0 Å². The molecule has 1 aromatic carbocycles. The fourth-order valence-electron chi connectivity index (χ4n) is 3.40. The molecular weight excluding hydrogens is 316 g/mol. The van der Waals surface area contributed by atoms with Crippen LogP contribution in [0.3, 0.4) is 0 Å². The molecule has 2 saturated heterocycles. The second-order valence-corrected chi connectivity index (χ2v) is 6.57. The first kappa shape index (κ1) is 18.0. The summed E-state index contributed by atoms with van der Waals surface area (Å²) < 4.78 is 11.3. The van der Waals surface area contributed by atoms with Crippen LogP contribution in [0, 0.1) is 0 Å². The van der Waals surface area contributed by atoms with E-state index in [0.29, 0.717) is 12.7 Å². The SMILES string of the molecule is CCOc1ccccc1C=CC(=O)N1CCN(CC2CCCO2)CC1. The monoisotopic (exact) mass is 344 g/mol. The molecule has 0 spiro atoms. The average Bonchev–Trinajstić information content (AvgIpc) is 3.15. The van der Waals surface area contributed by atoms with Gasteiger partial charge in [0.1, 0.15) is 5.75 Å². The number of hydrogen-bond donors (Lipinski definition) is 0. The highest BCUT2D eigenvalue weighted by Gasteiger charge is 2.24. The minimum Gasteiger partial charge on any atom is -0.493 e. The summed E-state index contributed by atoms with van der Waals surface area (Å²) in [6, 6.07) is 7.79. The normalized spacial score (nSPS) is 21.8. The van der Waals surface area contributed by atoms with Gasteiger partial charge < -0.3 is 14.4 Å². The van der Waals surface area contributed by atoms with Crippen molar-refractivity contribution in [2.24, 2.45) is 0 Å². The zero-order valence-corrected chi connectivity index (χ0v) is 15.0. The zero-order chi connectivity index (χ0) is 17.5. The molecule has 0 bridgehead atoms. The molecule has 3 rings (SSSR count). The van der Waals surface area contributed by atoms with Gasteiger partial charge in [0.25, 0.3) is 0 Å². The molecule has 1 unspecified atom stereocenters. The molecule has 1 amide bonds. The number of hydrogen-bond acceptors (Lipinski definition) is 4. The van der Waals surface area contributed by atoms with E-state index in [2.05, 4.69) is 4.90 Å². The van der Waals surface area contributed by atoms with Gasteiger partial charge in [-0.2, -0.15) is 0 Å². The van der Waals surface area contributed by atoms with Crippen LogP contribution in [0.15, 0.2) is 30.3 Å². The number of nitrogens with zero attached hydrogens (tertiary/aromatic N) is 2. The van der Waals surface area contributed by atoms with Crippen LogP contribution < -0.4 is 4.74 Å². The molecule has 0 saturated carbocycles. The van der Waals surface area contributed by atoms with Gasteiger partial charge in [-0.1, -0.05) is 18.2 Å². The molecule has 1 atom stereocenters. The van der Waals surface area contributed by atoms with Crippen LogP contribution in [0.2, 0.25) is 0 Å². The minimum absolute atomic E-state index is 0.0723. The quantitative estimate of drug-likeness (QED) is 0.743. The molecule has 25 heavy (non-hydrogen) atoms. The minimum atomic E-state index is 0.0723. The Labute approximate surface area is 150 Å². The van der Waals surface area contributed by atoms with Gasteiger partial charge >= 0.3 is 0 Å². The maximum Gasteiger partial charge on any atom is 0.246 e. The second-order valence-electron chi connectivity index (χ2n) is 6.57. The Morgan fingerprint density at radius 1 is 1.28 bits per heavy atom. The third kappa shape index (κ3) is 5.06. The van der Waals surface area contributed by atoms with Crippen molar-refractivity contribution in [2.75, 3.05) is 45.9 Å². The lowest BCUT2D eigenvalue weighted by molar-refractivity contribution is -0.127. The van der Waals surface area contributed by atoms with Gasteiger partial charge in [-0.05, 0) is 31.9 Å². The van der Waals surface area contributed by atoms with Crippen LogP contribution in [-0.2, 0) is 9.53 Å². The molecule has 0 N–H and O–H groups in total. The standard InChI is InChI=1S/C20H28N2O3/c1-2-24-19-8-4-3-6-17(19)9-10-20(23)22-13-11-21(12-14-22)16-18-7-5-15-25-18/h3-4,6,8-10,18H,2,5,7,11-16H2,1H3. The second kappa shape index (κ2) is 9.02. The maximum absolute atomic E-state index is 12.4. The van der Waals surface area contributed by atoms with Crippen LogP contribution in [-0.4, -0.2) is 67.7 Å². The fourth-order valence-corrected chi connectivity index (χ4v) is 3.40. The Bertz CT molecular complexity index is 588. The fraction of sp³-hybridized carbons (Fsp3) is 0.550. The first-order valence-corrected chi connectivity index (χ1v) is 9.29. The number of rotatable bonds is 6. The largest absolute Gasteiger partial charge is 0.493 e. The molecule has 1 aromatic rings. The third-order valence-electron chi connectivity index (χ3n) is 4.79. The highest BCUT2D eigenvalue weighted by molar-refractivity contribution is 5.92. The summed E-state index contributed by atoms with van der Waals surface area (Å²) in [5.41, 5.74) is 0.940. The van der Waals surface area contributed by atoms with Crippen LogP contribution in [0.4, 0.5) is 0 Å². The Hall–Kier alpha value is -1.85. The number of para-hydroxylation sites is 1. The highest BCUT2D eigenvalue weighted by Crippen LogP contribution is 2.19. The van der Waals surface area contributed by atoms with Gasteiger partial charge in [-0.15, -0.1) is 0 Å². The number of benzene rings is 1. The summed E-state index contributed by atoms with van der Waals surface area (Å²) in [6.45, 7) is 7.89. The van der Waals surface area contributed by atoms with Gasteiger partial charge in [-0.3, -0.25) is 9.69 Å². The zero-order valence-electron chi connectivity index (χ0n) is 15.0. The first-order valence-electron chi connectivity index (χ1n) is 9.29. The van der Waals surface area contributed by atoms with E-state index in [9.17, 15) is 4.79 Å². The van der Waals surface area contributed by atoms with Crippen molar-refractivity contribution in [3.63, 3.8) is 0 Å². The number of carbonyl (C=O) groups is 1. The number of amides is 1. The van der Waals surface area contributed by atoms with Crippen molar-refractivity contribution >= 4 is 12.0 Å². The summed E-state index contributed by atoms with van der Waals surface area (Å²) in [5, 5.41) is 0. The number of piperazine rings is 1. The van der Waals surface area contributed by atoms with E-state index in [1.807, 2.05) is 42.2 Å².